The maximum Gasteiger partial charge on any atom is 0.237 e. The molecule has 6 heteroatoms. The van der Waals surface area contributed by atoms with Crippen LogP contribution in [0.5, 0.6) is 0 Å². The summed E-state index contributed by atoms with van der Waals surface area (Å²) in [6.45, 7) is 1.89. The van der Waals surface area contributed by atoms with E-state index >= 15 is 0 Å². The van der Waals surface area contributed by atoms with Crippen molar-refractivity contribution in [3.8, 4) is 0 Å². The Morgan fingerprint density at radius 3 is 2.60 bits per heavy atom. The Morgan fingerprint density at radius 2 is 2.05 bits per heavy atom. The van der Waals surface area contributed by atoms with E-state index in [1.165, 1.54) is 0 Å². The Labute approximate surface area is 126 Å². The van der Waals surface area contributed by atoms with Gasteiger partial charge in [0.2, 0.25) is 11.8 Å². The molecule has 1 aliphatic rings. The predicted molar refractivity (Wildman–Crippen MR) is 79.7 cm³/mol. The standard InChI is InChI=1S/C14H18BrN3O2/c15-12-3-1-10(2-4-12)8-18(9-13(16)19)14(20)11-5-6-17-7-11/h1-4,11,17H,5-9H2,(H2,16,19). The lowest BCUT2D eigenvalue weighted by Gasteiger charge is -2.24. The first-order chi connectivity index (χ1) is 9.56. The van der Waals surface area contributed by atoms with Gasteiger partial charge in [0.15, 0.2) is 0 Å². The SMILES string of the molecule is NC(=O)CN(Cc1ccc(Br)cc1)C(=O)C1CCNC1. The number of nitrogens with two attached hydrogens (primary N) is 1. The molecule has 3 N–H and O–H groups in total. The zero-order valence-corrected chi connectivity index (χ0v) is 12.7. The second-order valence-corrected chi connectivity index (χ2v) is 5.89. The molecule has 1 aromatic carbocycles. The van der Waals surface area contributed by atoms with Gasteiger partial charge in [-0.15, -0.1) is 0 Å². The van der Waals surface area contributed by atoms with Crippen molar-refractivity contribution in [3.05, 3.63) is 34.3 Å². The number of halogens is 1. The highest BCUT2D eigenvalue weighted by Crippen LogP contribution is 2.16. The van der Waals surface area contributed by atoms with E-state index in [1.54, 1.807) is 4.90 Å². The third kappa shape index (κ3) is 4.05. The van der Waals surface area contributed by atoms with Gasteiger partial charge in [-0.2, -0.15) is 0 Å². The van der Waals surface area contributed by atoms with Crippen molar-refractivity contribution in [2.45, 2.75) is 13.0 Å². The van der Waals surface area contributed by atoms with E-state index < -0.39 is 5.91 Å². The monoisotopic (exact) mass is 339 g/mol. The molecule has 1 heterocycles. The van der Waals surface area contributed by atoms with Crippen LogP contribution in [-0.2, 0) is 16.1 Å². The summed E-state index contributed by atoms with van der Waals surface area (Å²) >= 11 is 3.37. The van der Waals surface area contributed by atoms with Gasteiger partial charge in [0.05, 0.1) is 12.5 Å². The van der Waals surface area contributed by atoms with Crippen molar-refractivity contribution in [3.63, 3.8) is 0 Å². The summed E-state index contributed by atoms with van der Waals surface area (Å²) in [6, 6.07) is 7.69. The molecule has 2 rings (SSSR count). The second kappa shape index (κ2) is 6.85. The minimum absolute atomic E-state index is 0.00304. The van der Waals surface area contributed by atoms with Crippen LogP contribution in [0.3, 0.4) is 0 Å². The van der Waals surface area contributed by atoms with E-state index in [1.807, 2.05) is 24.3 Å². The molecule has 1 aromatic rings. The van der Waals surface area contributed by atoms with Crippen LogP contribution < -0.4 is 11.1 Å². The fourth-order valence-corrected chi connectivity index (χ4v) is 2.60. The third-order valence-electron chi connectivity index (χ3n) is 3.35. The van der Waals surface area contributed by atoms with Crippen LogP contribution in [0.2, 0.25) is 0 Å². The Morgan fingerprint density at radius 1 is 1.35 bits per heavy atom. The van der Waals surface area contributed by atoms with Gasteiger partial charge in [-0.3, -0.25) is 9.59 Å². The van der Waals surface area contributed by atoms with Crippen LogP contribution in [0, 0.1) is 5.92 Å². The first-order valence-corrected chi connectivity index (χ1v) is 7.38. The molecule has 0 bridgehead atoms. The van der Waals surface area contributed by atoms with Crippen LogP contribution >= 0.6 is 15.9 Å². The number of carbonyl (C=O) groups excluding carboxylic acids is 2. The maximum atomic E-state index is 12.4. The number of hydrogen-bond donors (Lipinski definition) is 2. The van der Waals surface area contributed by atoms with Gasteiger partial charge in [0.25, 0.3) is 0 Å². The van der Waals surface area contributed by atoms with E-state index in [-0.39, 0.29) is 18.4 Å². The molecule has 1 aliphatic heterocycles. The second-order valence-electron chi connectivity index (χ2n) is 4.98. The quantitative estimate of drug-likeness (QED) is 0.835. The van der Waals surface area contributed by atoms with E-state index in [9.17, 15) is 9.59 Å². The molecule has 20 heavy (non-hydrogen) atoms. The Bertz CT molecular complexity index is 484. The zero-order valence-electron chi connectivity index (χ0n) is 11.1. The summed E-state index contributed by atoms with van der Waals surface area (Å²) in [4.78, 5) is 25.1. The molecular weight excluding hydrogens is 322 g/mol. The molecule has 1 fully saturated rings. The topological polar surface area (TPSA) is 75.4 Å². The molecule has 0 radical (unpaired) electrons. The van der Waals surface area contributed by atoms with Crippen LogP contribution in [0.1, 0.15) is 12.0 Å². The molecule has 0 aromatic heterocycles. The number of benzene rings is 1. The molecule has 0 saturated carbocycles. The van der Waals surface area contributed by atoms with Crippen LogP contribution in [-0.4, -0.2) is 36.3 Å². The minimum atomic E-state index is -0.485. The molecule has 0 spiro atoms. The molecule has 1 atom stereocenters. The van der Waals surface area contributed by atoms with Crippen LogP contribution in [0.15, 0.2) is 28.7 Å². The van der Waals surface area contributed by atoms with Gasteiger partial charge in [0.1, 0.15) is 0 Å². The third-order valence-corrected chi connectivity index (χ3v) is 3.88. The lowest BCUT2D eigenvalue weighted by molar-refractivity contribution is -0.138. The van der Waals surface area contributed by atoms with Crippen LogP contribution in [0.25, 0.3) is 0 Å². The summed E-state index contributed by atoms with van der Waals surface area (Å²) < 4.78 is 0.981. The number of hydrogen-bond acceptors (Lipinski definition) is 3. The summed E-state index contributed by atoms with van der Waals surface area (Å²) in [5.74, 6) is -0.539. The Kier molecular flexibility index (Phi) is 5.14. The van der Waals surface area contributed by atoms with Crippen molar-refractivity contribution in [1.82, 2.24) is 10.2 Å². The van der Waals surface area contributed by atoms with Crippen LogP contribution in [0.4, 0.5) is 0 Å². The molecule has 0 aliphatic carbocycles. The van der Waals surface area contributed by atoms with Gasteiger partial charge < -0.3 is 16.0 Å². The smallest absolute Gasteiger partial charge is 0.237 e. The number of rotatable bonds is 5. The first-order valence-electron chi connectivity index (χ1n) is 6.58. The lowest BCUT2D eigenvalue weighted by Crippen LogP contribution is -2.41. The minimum Gasteiger partial charge on any atom is -0.368 e. The average molecular weight is 340 g/mol. The van der Waals surface area contributed by atoms with Crippen molar-refractivity contribution >= 4 is 27.7 Å². The van der Waals surface area contributed by atoms with E-state index in [2.05, 4.69) is 21.2 Å². The average Bonchev–Trinajstić information content (AvgIpc) is 2.93. The van der Waals surface area contributed by atoms with Crippen molar-refractivity contribution < 1.29 is 9.59 Å². The molecule has 2 amide bonds. The Hall–Kier alpha value is -1.40. The number of nitrogens with zero attached hydrogens (tertiary/aromatic N) is 1. The van der Waals surface area contributed by atoms with Gasteiger partial charge >= 0.3 is 0 Å². The van der Waals surface area contributed by atoms with Gasteiger partial charge in [-0.25, -0.2) is 0 Å². The van der Waals surface area contributed by atoms with E-state index in [4.69, 9.17) is 5.73 Å². The zero-order chi connectivity index (χ0) is 14.5. The molecule has 108 valence electrons. The summed E-state index contributed by atoms with van der Waals surface area (Å²) in [5, 5.41) is 3.16. The summed E-state index contributed by atoms with van der Waals surface area (Å²) in [5.41, 5.74) is 6.23. The molecule has 5 nitrogen and oxygen atoms in total. The van der Waals surface area contributed by atoms with Crippen molar-refractivity contribution in [2.75, 3.05) is 19.6 Å². The van der Waals surface area contributed by atoms with E-state index in [0.717, 1.165) is 23.0 Å². The maximum absolute atomic E-state index is 12.4. The summed E-state index contributed by atoms with van der Waals surface area (Å²) in [7, 11) is 0. The first kappa shape index (κ1) is 15.0. The highest BCUT2D eigenvalue weighted by molar-refractivity contribution is 9.10. The summed E-state index contributed by atoms with van der Waals surface area (Å²) in [6.07, 6.45) is 0.814. The van der Waals surface area contributed by atoms with Crippen molar-refractivity contribution in [1.29, 1.82) is 0 Å². The van der Waals surface area contributed by atoms with Gasteiger partial charge in [-0.1, -0.05) is 28.1 Å². The highest BCUT2D eigenvalue weighted by atomic mass is 79.9. The fraction of sp³-hybridized carbons (Fsp3) is 0.429. The molecule has 1 saturated heterocycles. The molecular formula is C14H18BrN3O2. The molecule has 1 unspecified atom stereocenters. The van der Waals surface area contributed by atoms with E-state index in [0.29, 0.717) is 13.1 Å². The number of amides is 2. The predicted octanol–water partition coefficient (Wildman–Crippen LogP) is 0.872. The lowest BCUT2D eigenvalue weighted by atomic mass is 10.1. The highest BCUT2D eigenvalue weighted by Gasteiger charge is 2.27. The van der Waals surface area contributed by atoms with Gasteiger partial charge in [-0.05, 0) is 30.7 Å². The number of primary amides is 1. The van der Waals surface area contributed by atoms with Gasteiger partial charge in [0, 0.05) is 17.6 Å². The van der Waals surface area contributed by atoms with Crippen molar-refractivity contribution in [2.24, 2.45) is 11.7 Å². The Balaban J connectivity index is 2.08. The fourth-order valence-electron chi connectivity index (χ4n) is 2.33. The number of nitrogens with one attached hydrogen (secondary N) is 1. The number of carbonyl (C=O) groups is 2. The normalized spacial score (nSPS) is 17.9. The largest absolute Gasteiger partial charge is 0.368 e.